The fraction of sp³-hybridized carbons (Fsp3) is 0.200. The highest BCUT2D eigenvalue weighted by atomic mass is 35.5. The van der Waals surface area contributed by atoms with Crippen molar-refractivity contribution in [2.75, 3.05) is 12.9 Å². The Morgan fingerprint density at radius 1 is 1.29 bits per heavy atom. The van der Waals surface area contributed by atoms with Crippen LogP contribution in [0.4, 0.5) is 0 Å². The Morgan fingerprint density at radius 3 is 2.41 bits per heavy atom. The average Bonchev–Trinajstić information content (AvgIpc) is 2.29. The van der Waals surface area contributed by atoms with E-state index in [1.807, 2.05) is 0 Å². The first-order chi connectivity index (χ1) is 7.95. The monoisotopic (exact) mass is 312 g/mol. The van der Waals surface area contributed by atoms with Crippen molar-refractivity contribution in [3.05, 3.63) is 27.7 Å². The van der Waals surface area contributed by atoms with E-state index >= 15 is 0 Å². The van der Waals surface area contributed by atoms with Crippen LogP contribution in [-0.4, -0.2) is 24.1 Å². The van der Waals surface area contributed by atoms with E-state index in [9.17, 15) is 9.59 Å². The normalized spacial score (nSPS) is 10.1. The molecule has 0 N–H and O–H groups in total. The van der Waals surface area contributed by atoms with Gasteiger partial charge in [-0.1, -0.05) is 23.2 Å². The summed E-state index contributed by atoms with van der Waals surface area (Å²) in [5.74, 6) is -0.517. The smallest absolute Gasteiger partial charge is 0.339 e. The number of rotatable bonds is 4. The molecule has 92 valence electrons. The molecule has 0 unspecified atom stereocenters. The summed E-state index contributed by atoms with van der Waals surface area (Å²) in [4.78, 5) is 22.7. The van der Waals surface area contributed by atoms with Gasteiger partial charge in [-0.05, 0) is 23.7 Å². The quantitative estimate of drug-likeness (QED) is 0.483. The molecule has 0 amide bonds. The number of methoxy groups -OCH3 is 1. The van der Waals surface area contributed by atoms with Crippen molar-refractivity contribution in [1.29, 1.82) is 0 Å². The van der Waals surface area contributed by atoms with E-state index in [0.29, 0.717) is 9.92 Å². The van der Waals surface area contributed by atoms with Gasteiger partial charge in [-0.25, -0.2) is 4.79 Å². The van der Waals surface area contributed by atoms with E-state index < -0.39 is 11.2 Å². The molecule has 0 saturated carbocycles. The van der Waals surface area contributed by atoms with Gasteiger partial charge in [0.2, 0.25) is 5.24 Å². The summed E-state index contributed by atoms with van der Waals surface area (Å²) >= 11 is 18.0. The van der Waals surface area contributed by atoms with Gasteiger partial charge in [-0.15, -0.1) is 11.8 Å². The molecule has 0 atom stereocenters. The van der Waals surface area contributed by atoms with Crippen LogP contribution in [0.2, 0.25) is 10.0 Å². The fourth-order valence-electron chi connectivity index (χ4n) is 1.05. The van der Waals surface area contributed by atoms with Crippen LogP contribution in [0.15, 0.2) is 17.0 Å². The van der Waals surface area contributed by atoms with Crippen molar-refractivity contribution < 1.29 is 14.3 Å². The third-order valence-electron chi connectivity index (χ3n) is 1.77. The molecule has 0 radical (unpaired) electrons. The maximum absolute atomic E-state index is 11.5. The number of ether oxygens (including phenoxy) is 1. The van der Waals surface area contributed by atoms with Gasteiger partial charge in [0, 0.05) is 4.90 Å². The molecule has 0 aliphatic heterocycles. The van der Waals surface area contributed by atoms with Gasteiger partial charge >= 0.3 is 5.97 Å². The molecule has 0 spiro atoms. The van der Waals surface area contributed by atoms with Gasteiger partial charge in [-0.3, -0.25) is 4.79 Å². The third kappa shape index (κ3) is 4.07. The number of hydrogen-bond acceptors (Lipinski definition) is 4. The lowest BCUT2D eigenvalue weighted by molar-refractivity contribution is -0.109. The summed E-state index contributed by atoms with van der Waals surface area (Å²) in [5, 5.41) is 0.0225. The van der Waals surface area contributed by atoms with Crippen LogP contribution in [-0.2, 0) is 9.53 Å². The lowest BCUT2D eigenvalue weighted by Crippen LogP contribution is -2.04. The van der Waals surface area contributed by atoms with Crippen molar-refractivity contribution >= 4 is 57.8 Å². The number of halogens is 3. The highest BCUT2D eigenvalue weighted by Crippen LogP contribution is 2.32. The molecule has 0 fully saturated rings. The molecule has 0 aromatic heterocycles. The van der Waals surface area contributed by atoms with E-state index in [4.69, 9.17) is 34.8 Å². The molecule has 0 aliphatic carbocycles. The molecule has 0 aliphatic rings. The van der Waals surface area contributed by atoms with Crippen molar-refractivity contribution in [2.24, 2.45) is 0 Å². The minimum Gasteiger partial charge on any atom is -0.465 e. The summed E-state index contributed by atoms with van der Waals surface area (Å²) in [6.45, 7) is 0. The Morgan fingerprint density at radius 2 is 1.88 bits per heavy atom. The van der Waals surface area contributed by atoms with Crippen molar-refractivity contribution in [1.82, 2.24) is 0 Å². The molecule has 1 aromatic carbocycles. The topological polar surface area (TPSA) is 43.4 Å². The summed E-state index contributed by atoms with van der Waals surface area (Å²) in [6.07, 6.45) is 0. The summed E-state index contributed by atoms with van der Waals surface area (Å²) in [6, 6.07) is 2.90. The van der Waals surface area contributed by atoms with Crippen molar-refractivity contribution in [2.45, 2.75) is 4.90 Å². The lowest BCUT2D eigenvalue weighted by Gasteiger charge is -2.08. The number of carbonyl (C=O) groups is 2. The second kappa shape index (κ2) is 6.50. The zero-order valence-electron chi connectivity index (χ0n) is 8.63. The van der Waals surface area contributed by atoms with E-state index in [2.05, 4.69) is 4.74 Å². The van der Waals surface area contributed by atoms with Gasteiger partial charge in [0.1, 0.15) is 0 Å². The van der Waals surface area contributed by atoms with Gasteiger partial charge in [-0.2, -0.15) is 0 Å². The van der Waals surface area contributed by atoms with Gasteiger partial charge < -0.3 is 4.74 Å². The molecular weight excluding hydrogens is 307 g/mol. The van der Waals surface area contributed by atoms with Crippen LogP contribution in [0.1, 0.15) is 10.4 Å². The van der Waals surface area contributed by atoms with Gasteiger partial charge in [0.25, 0.3) is 0 Å². The maximum Gasteiger partial charge on any atom is 0.339 e. The lowest BCUT2D eigenvalue weighted by atomic mass is 10.2. The molecule has 0 saturated heterocycles. The summed E-state index contributed by atoms with van der Waals surface area (Å²) < 4.78 is 4.61. The average molecular weight is 314 g/mol. The maximum atomic E-state index is 11.5. The Balaban J connectivity index is 3.11. The van der Waals surface area contributed by atoms with Gasteiger partial charge in [0.05, 0.1) is 28.5 Å². The van der Waals surface area contributed by atoms with E-state index in [1.54, 1.807) is 0 Å². The highest BCUT2D eigenvalue weighted by molar-refractivity contribution is 8.00. The third-order valence-corrected chi connectivity index (χ3v) is 3.84. The molecule has 3 nitrogen and oxygen atoms in total. The SMILES string of the molecule is COC(=O)c1cc(Cl)c(Cl)cc1SCC(=O)Cl. The Labute approximate surface area is 117 Å². The first-order valence-corrected chi connectivity index (χ1v) is 6.46. The molecule has 0 bridgehead atoms. The molecule has 17 heavy (non-hydrogen) atoms. The Hall–Kier alpha value is -0.420. The van der Waals surface area contributed by atoms with Crippen LogP contribution in [0, 0.1) is 0 Å². The van der Waals surface area contributed by atoms with Crippen molar-refractivity contribution in [3.63, 3.8) is 0 Å². The highest BCUT2D eigenvalue weighted by Gasteiger charge is 2.16. The largest absolute Gasteiger partial charge is 0.465 e. The molecule has 1 aromatic rings. The minimum absolute atomic E-state index is 0.0313. The molecule has 0 heterocycles. The number of carbonyl (C=O) groups excluding carboxylic acids is 2. The number of thioether (sulfide) groups is 1. The first-order valence-electron chi connectivity index (χ1n) is 4.34. The van der Waals surface area contributed by atoms with Gasteiger partial charge in [0.15, 0.2) is 0 Å². The molecule has 7 heteroatoms. The molecular formula is C10H7Cl3O3S. The fourth-order valence-corrected chi connectivity index (χ4v) is 2.38. The van der Waals surface area contributed by atoms with E-state index in [0.717, 1.165) is 11.8 Å². The predicted octanol–water partition coefficient (Wildman–Crippen LogP) is 3.64. The van der Waals surface area contributed by atoms with Crippen LogP contribution in [0.5, 0.6) is 0 Å². The Kier molecular flexibility index (Phi) is 5.59. The zero-order chi connectivity index (χ0) is 13.0. The predicted molar refractivity (Wildman–Crippen MR) is 69.4 cm³/mol. The standard InChI is InChI=1S/C10H7Cl3O3S/c1-16-10(15)5-2-6(11)7(12)3-8(5)17-4-9(13)14/h2-3H,4H2,1H3. The second-order valence-corrected chi connectivity index (χ2v) is 5.15. The number of hydrogen-bond donors (Lipinski definition) is 0. The Bertz CT molecular complexity index is 462. The minimum atomic E-state index is -0.548. The van der Waals surface area contributed by atoms with E-state index in [-0.39, 0.29) is 16.3 Å². The summed E-state index contributed by atoms with van der Waals surface area (Å²) in [5.41, 5.74) is 0.254. The second-order valence-electron chi connectivity index (χ2n) is 2.90. The van der Waals surface area contributed by atoms with Crippen LogP contribution >= 0.6 is 46.6 Å². The van der Waals surface area contributed by atoms with Crippen LogP contribution < -0.4 is 0 Å². The summed E-state index contributed by atoms with van der Waals surface area (Å²) in [7, 11) is 1.26. The number of esters is 1. The number of benzene rings is 1. The zero-order valence-corrected chi connectivity index (χ0v) is 11.7. The first kappa shape index (κ1) is 14.6. The van der Waals surface area contributed by atoms with Crippen LogP contribution in [0.3, 0.4) is 0 Å². The van der Waals surface area contributed by atoms with Crippen LogP contribution in [0.25, 0.3) is 0 Å². The van der Waals surface area contributed by atoms with E-state index in [1.165, 1.54) is 19.2 Å². The molecule has 1 rings (SSSR count). The van der Waals surface area contributed by atoms with Crippen molar-refractivity contribution in [3.8, 4) is 0 Å².